The van der Waals surface area contributed by atoms with Gasteiger partial charge in [0, 0.05) is 0 Å². The highest BCUT2D eigenvalue weighted by atomic mass is 32.2. The highest BCUT2D eigenvalue weighted by Crippen LogP contribution is 1.88. The van der Waals surface area contributed by atoms with Crippen molar-refractivity contribution in [3.05, 3.63) is 0 Å². The summed E-state index contributed by atoms with van der Waals surface area (Å²) >= 11 is 0.329. The molecular weight excluding hydrogens is 132 g/mol. The van der Waals surface area contributed by atoms with E-state index in [9.17, 15) is 9.59 Å². The van der Waals surface area contributed by atoms with Crippen molar-refractivity contribution >= 4 is 23.3 Å². The quantitative estimate of drug-likeness (QED) is 0.408. The monoisotopic (exact) mass is 136 g/mol. The van der Waals surface area contributed by atoms with Crippen LogP contribution in [0.2, 0.25) is 0 Å². The van der Waals surface area contributed by atoms with Gasteiger partial charge in [0.25, 0.3) is 5.24 Å². The molecule has 0 fully saturated rings. The third-order valence-corrected chi connectivity index (χ3v) is 0.717. The Kier molecular flexibility index (Phi) is 2.78. The van der Waals surface area contributed by atoms with Crippen LogP contribution >= 0.6 is 11.9 Å². The zero-order valence-electron chi connectivity index (χ0n) is 3.75. The van der Waals surface area contributed by atoms with Gasteiger partial charge >= 0.3 is 6.09 Å². The maximum Gasteiger partial charge on any atom is 0.415 e. The van der Waals surface area contributed by atoms with E-state index in [4.69, 9.17) is 5.11 Å². The van der Waals surface area contributed by atoms with Gasteiger partial charge in [-0.05, 0) is 0 Å². The van der Waals surface area contributed by atoms with Crippen LogP contribution in [-0.4, -0.2) is 16.4 Å². The smallest absolute Gasteiger partial charge is 0.415 e. The van der Waals surface area contributed by atoms with Gasteiger partial charge in [0.2, 0.25) is 0 Å². The van der Waals surface area contributed by atoms with Crippen molar-refractivity contribution in [1.29, 1.82) is 0 Å². The summed E-state index contributed by atoms with van der Waals surface area (Å²) in [6.45, 7) is 0. The van der Waals surface area contributed by atoms with Crippen LogP contribution in [0.15, 0.2) is 0 Å². The number of primary amides is 1. The van der Waals surface area contributed by atoms with Crippen LogP contribution in [0.3, 0.4) is 0 Å². The molecule has 0 aromatic heterocycles. The molecule has 0 saturated carbocycles. The van der Waals surface area contributed by atoms with Crippen molar-refractivity contribution < 1.29 is 14.7 Å². The third kappa shape index (κ3) is 5.09. The van der Waals surface area contributed by atoms with Gasteiger partial charge in [0.1, 0.15) is 0 Å². The first-order valence-corrected chi connectivity index (χ1v) is 2.40. The average molecular weight is 136 g/mol. The zero-order chi connectivity index (χ0) is 6.57. The van der Waals surface area contributed by atoms with Gasteiger partial charge in [-0.15, -0.1) is 0 Å². The standard InChI is InChI=1S/C2H4N2O3S/c3-1(5)8-4-2(6)7/h4H,(H2,3,5)(H,6,7). The van der Waals surface area contributed by atoms with E-state index in [1.807, 2.05) is 0 Å². The van der Waals surface area contributed by atoms with E-state index >= 15 is 0 Å². The average Bonchev–Trinajstić information content (AvgIpc) is 1.61. The van der Waals surface area contributed by atoms with E-state index in [0.717, 1.165) is 0 Å². The van der Waals surface area contributed by atoms with Crippen LogP contribution in [0.4, 0.5) is 9.59 Å². The van der Waals surface area contributed by atoms with E-state index in [0.29, 0.717) is 11.9 Å². The van der Waals surface area contributed by atoms with Gasteiger partial charge in [-0.1, -0.05) is 0 Å². The van der Waals surface area contributed by atoms with E-state index in [1.165, 1.54) is 0 Å². The van der Waals surface area contributed by atoms with Crippen molar-refractivity contribution in [3.8, 4) is 0 Å². The van der Waals surface area contributed by atoms with Gasteiger partial charge in [-0.2, -0.15) is 0 Å². The van der Waals surface area contributed by atoms with Crippen LogP contribution in [0.5, 0.6) is 0 Å². The van der Waals surface area contributed by atoms with Crippen molar-refractivity contribution in [1.82, 2.24) is 4.72 Å². The Morgan fingerprint density at radius 1 is 1.62 bits per heavy atom. The van der Waals surface area contributed by atoms with Crippen LogP contribution in [0, 0.1) is 0 Å². The maximum absolute atomic E-state index is 9.76. The summed E-state index contributed by atoms with van der Waals surface area (Å²) in [6.07, 6.45) is -1.28. The second-order valence-corrected chi connectivity index (χ2v) is 1.64. The normalized spacial score (nSPS) is 8.00. The minimum atomic E-state index is -1.28. The Bertz CT molecular complexity index is 99.9. The van der Waals surface area contributed by atoms with Crippen molar-refractivity contribution in [2.45, 2.75) is 0 Å². The molecule has 0 heterocycles. The minimum absolute atomic E-state index is 0.329. The van der Waals surface area contributed by atoms with Crippen LogP contribution in [0.25, 0.3) is 0 Å². The second kappa shape index (κ2) is 3.14. The molecule has 0 radical (unpaired) electrons. The minimum Gasteiger partial charge on any atom is -0.464 e. The summed E-state index contributed by atoms with van der Waals surface area (Å²) in [7, 11) is 0. The molecule has 0 aliphatic carbocycles. The number of nitrogens with one attached hydrogen (secondary N) is 1. The number of hydrogen-bond acceptors (Lipinski definition) is 3. The first-order chi connectivity index (χ1) is 3.63. The van der Waals surface area contributed by atoms with Crippen molar-refractivity contribution in [2.24, 2.45) is 5.73 Å². The first kappa shape index (κ1) is 7.09. The molecule has 0 bridgehead atoms. The molecule has 0 rings (SSSR count). The predicted octanol–water partition coefficient (Wildman–Crippen LogP) is -0.0191. The van der Waals surface area contributed by atoms with Crippen molar-refractivity contribution in [3.63, 3.8) is 0 Å². The van der Waals surface area contributed by atoms with Crippen LogP contribution < -0.4 is 10.5 Å². The lowest BCUT2D eigenvalue weighted by Gasteiger charge is -1.89. The van der Waals surface area contributed by atoms with E-state index in [1.54, 1.807) is 4.72 Å². The number of carboxylic acid groups (broad SMARTS) is 1. The van der Waals surface area contributed by atoms with Gasteiger partial charge < -0.3 is 10.8 Å². The topological polar surface area (TPSA) is 92.4 Å². The molecule has 0 unspecified atom stereocenters. The fourth-order valence-corrected chi connectivity index (χ4v) is 0.282. The Hall–Kier alpha value is -0.910. The summed E-state index contributed by atoms with van der Waals surface area (Å²) in [4.78, 5) is 19.3. The predicted molar refractivity (Wildman–Crippen MR) is 28.3 cm³/mol. The molecule has 0 aliphatic heterocycles. The summed E-state index contributed by atoms with van der Waals surface area (Å²) in [6, 6.07) is 0. The summed E-state index contributed by atoms with van der Waals surface area (Å²) in [5, 5.41) is 7.05. The number of hydrogen-bond donors (Lipinski definition) is 3. The molecule has 8 heavy (non-hydrogen) atoms. The lowest BCUT2D eigenvalue weighted by atomic mass is 11.3. The molecule has 0 saturated heterocycles. The molecule has 0 aliphatic rings. The summed E-state index contributed by atoms with van der Waals surface area (Å²) < 4.78 is 1.70. The molecule has 6 heteroatoms. The summed E-state index contributed by atoms with van der Waals surface area (Å²) in [5.41, 5.74) is 4.54. The highest BCUT2D eigenvalue weighted by molar-refractivity contribution is 8.12. The molecular formula is C2H4N2O3S. The number of nitrogens with two attached hydrogens (primary N) is 1. The Balaban J connectivity index is 3.18. The molecule has 46 valence electrons. The fourth-order valence-electron chi connectivity index (χ4n) is 0.0940. The number of amides is 2. The lowest BCUT2D eigenvalue weighted by Crippen LogP contribution is -2.17. The third-order valence-electron chi connectivity index (χ3n) is 0.239. The molecule has 0 aromatic carbocycles. The fraction of sp³-hybridized carbons (Fsp3) is 0. The van der Waals surface area contributed by atoms with Crippen LogP contribution in [0.1, 0.15) is 0 Å². The summed E-state index contributed by atoms with van der Waals surface area (Å²) in [5.74, 6) is 0. The zero-order valence-corrected chi connectivity index (χ0v) is 4.57. The number of carbonyl (C=O) groups excluding carboxylic acids is 1. The SMILES string of the molecule is NC(=O)SNC(=O)O. The Morgan fingerprint density at radius 3 is 2.25 bits per heavy atom. The van der Waals surface area contributed by atoms with E-state index in [-0.39, 0.29) is 0 Å². The molecule has 0 aromatic rings. The number of carbonyl (C=O) groups is 2. The molecule has 4 N–H and O–H groups in total. The van der Waals surface area contributed by atoms with E-state index < -0.39 is 11.3 Å². The van der Waals surface area contributed by atoms with E-state index in [2.05, 4.69) is 5.73 Å². The second-order valence-electron chi connectivity index (χ2n) is 0.828. The molecule has 0 atom stereocenters. The maximum atomic E-state index is 9.76. The van der Waals surface area contributed by atoms with Crippen molar-refractivity contribution in [2.75, 3.05) is 0 Å². The first-order valence-electron chi connectivity index (χ1n) is 1.58. The molecule has 2 amide bonds. The lowest BCUT2D eigenvalue weighted by molar-refractivity contribution is 0.201. The molecule has 0 spiro atoms. The Labute approximate surface area is 49.4 Å². The number of rotatable bonds is 0. The highest BCUT2D eigenvalue weighted by Gasteiger charge is 1.96. The van der Waals surface area contributed by atoms with Gasteiger partial charge in [-0.25, -0.2) is 4.79 Å². The van der Waals surface area contributed by atoms with Gasteiger partial charge in [0.15, 0.2) is 0 Å². The van der Waals surface area contributed by atoms with Gasteiger partial charge in [0.05, 0.1) is 11.9 Å². The van der Waals surface area contributed by atoms with Crippen LogP contribution in [-0.2, 0) is 0 Å². The Morgan fingerprint density at radius 2 is 2.12 bits per heavy atom. The van der Waals surface area contributed by atoms with Gasteiger partial charge in [-0.3, -0.25) is 9.52 Å². The largest absolute Gasteiger partial charge is 0.464 e. The molecule has 5 nitrogen and oxygen atoms in total.